The van der Waals surface area contributed by atoms with E-state index in [1.807, 2.05) is 18.2 Å². The van der Waals surface area contributed by atoms with Crippen LogP contribution in [-0.2, 0) is 21.2 Å². The van der Waals surface area contributed by atoms with Crippen LogP contribution >= 0.6 is 23.4 Å². The number of sulfonamides is 1. The Morgan fingerprint density at radius 1 is 1.22 bits per heavy atom. The number of hydrogen-bond acceptors (Lipinski definition) is 4. The third kappa shape index (κ3) is 4.48. The maximum absolute atomic E-state index is 12.8. The highest BCUT2D eigenvalue weighted by Gasteiger charge is 2.25. The van der Waals surface area contributed by atoms with Crippen LogP contribution in [0.2, 0.25) is 5.02 Å². The molecule has 1 amide bonds. The van der Waals surface area contributed by atoms with Gasteiger partial charge in [0, 0.05) is 36.2 Å². The molecule has 2 aromatic carbocycles. The fraction of sp³-hybridized carbons (Fsp3) is 0.316. The number of thioether (sulfide) groups is 1. The van der Waals surface area contributed by atoms with Crippen LogP contribution in [0.1, 0.15) is 12.0 Å². The van der Waals surface area contributed by atoms with Gasteiger partial charge in [-0.1, -0.05) is 17.7 Å². The molecule has 5 nitrogen and oxygen atoms in total. The van der Waals surface area contributed by atoms with Crippen LogP contribution in [0.15, 0.2) is 52.3 Å². The number of rotatable bonds is 5. The number of fused-ring (bicyclic) bond motifs is 1. The lowest BCUT2D eigenvalue weighted by molar-refractivity contribution is -0.116. The summed E-state index contributed by atoms with van der Waals surface area (Å²) in [6, 6.07) is 12.4. The molecule has 0 radical (unpaired) electrons. The molecule has 0 saturated heterocycles. The van der Waals surface area contributed by atoms with Crippen molar-refractivity contribution < 1.29 is 13.2 Å². The Balaban J connectivity index is 1.78. The van der Waals surface area contributed by atoms with Crippen molar-refractivity contribution in [3.63, 3.8) is 0 Å². The topological polar surface area (TPSA) is 57.7 Å². The van der Waals surface area contributed by atoms with Gasteiger partial charge in [0.25, 0.3) is 0 Å². The van der Waals surface area contributed by atoms with Gasteiger partial charge in [-0.05, 0) is 54.8 Å². The molecule has 0 atom stereocenters. The first kappa shape index (κ1) is 20.2. The minimum absolute atomic E-state index is 0.00384. The summed E-state index contributed by atoms with van der Waals surface area (Å²) in [5.74, 6) is 0.307. The highest BCUT2D eigenvalue weighted by molar-refractivity contribution is 8.00. The van der Waals surface area contributed by atoms with Crippen LogP contribution in [-0.4, -0.2) is 45.0 Å². The Morgan fingerprint density at radius 3 is 2.70 bits per heavy atom. The first-order valence-electron chi connectivity index (χ1n) is 8.53. The van der Waals surface area contributed by atoms with Gasteiger partial charge >= 0.3 is 0 Å². The predicted octanol–water partition coefficient (Wildman–Crippen LogP) is 3.66. The lowest BCUT2D eigenvalue weighted by atomic mass is 10.0. The number of halogens is 1. The number of benzene rings is 2. The van der Waals surface area contributed by atoms with Gasteiger partial charge in [0.15, 0.2) is 0 Å². The van der Waals surface area contributed by atoms with Gasteiger partial charge in [-0.3, -0.25) is 4.79 Å². The SMILES string of the molecule is CN(C)S(=O)(=O)c1ccc2c(c1)CCCN2C(=O)CSc1cccc(Cl)c1. The van der Waals surface area contributed by atoms with Crippen LogP contribution in [0, 0.1) is 0 Å². The van der Waals surface area contributed by atoms with Gasteiger partial charge in [0.05, 0.1) is 10.6 Å². The lowest BCUT2D eigenvalue weighted by Gasteiger charge is -2.30. The van der Waals surface area contributed by atoms with E-state index < -0.39 is 10.0 Å². The summed E-state index contributed by atoms with van der Waals surface area (Å²) in [6.45, 7) is 0.641. The van der Waals surface area contributed by atoms with E-state index in [-0.39, 0.29) is 10.8 Å². The zero-order valence-corrected chi connectivity index (χ0v) is 17.6. The van der Waals surface area contributed by atoms with E-state index in [1.54, 1.807) is 29.2 Å². The van der Waals surface area contributed by atoms with Crippen LogP contribution in [0.25, 0.3) is 0 Å². The van der Waals surface area contributed by atoms with E-state index in [9.17, 15) is 13.2 Å². The third-order valence-corrected chi connectivity index (χ3v) is 7.43. The second-order valence-electron chi connectivity index (χ2n) is 6.47. The molecule has 3 rings (SSSR count). The van der Waals surface area contributed by atoms with Crippen molar-refractivity contribution >= 4 is 45.0 Å². The highest BCUT2D eigenvalue weighted by Crippen LogP contribution is 2.31. The molecule has 144 valence electrons. The summed E-state index contributed by atoms with van der Waals surface area (Å²) in [5.41, 5.74) is 1.70. The molecule has 0 saturated carbocycles. The molecule has 0 aliphatic carbocycles. The van der Waals surface area contributed by atoms with Crippen LogP contribution < -0.4 is 4.90 Å². The Labute approximate surface area is 169 Å². The second kappa shape index (κ2) is 8.22. The Kier molecular flexibility index (Phi) is 6.15. The number of aryl methyl sites for hydroxylation is 1. The molecule has 0 fully saturated rings. The van der Waals surface area contributed by atoms with Crippen LogP contribution in [0.3, 0.4) is 0 Å². The number of carbonyl (C=O) groups is 1. The third-order valence-electron chi connectivity index (χ3n) is 4.41. The van der Waals surface area contributed by atoms with Gasteiger partial charge < -0.3 is 4.90 Å². The molecule has 2 aromatic rings. The molecule has 0 bridgehead atoms. The molecular weight excluding hydrogens is 404 g/mol. The quantitative estimate of drug-likeness (QED) is 0.687. The molecule has 0 aromatic heterocycles. The van der Waals surface area contributed by atoms with E-state index in [1.165, 1.54) is 30.2 Å². The lowest BCUT2D eigenvalue weighted by Crippen LogP contribution is -2.36. The summed E-state index contributed by atoms with van der Waals surface area (Å²) >= 11 is 7.43. The number of nitrogens with zero attached hydrogens (tertiary/aromatic N) is 2. The van der Waals surface area contributed by atoms with E-state index >= 15 is 0 Å². The smallest absolute Gasteiger partial charge is 0.242 e. The van der Waals surface area contributed by atoms with Crippen molar-refractivity contribution in [2.24, 2.45) is 0 Å². The van der Waals surface area contributed by atoms with E-state index in [4.69, 9.17) is 11.6 Å². The van der Waals surface area contributed by atoms with Gasteiger partial charge in [-0.2, -0.15) is 0 Å². The molecule has 1 heterocycles. The van der Waals surface area contributed by atoms with Crippen molar-refractivity contribution in [3.8, 4) is 0 Å². The van der Waals surface area contributed by atoms with Gasteiger partial charge in [0.2, 0.25) is 15.9 Å². The fourth-order valence-corrected chi connectivity index (χ4v) is 5.02. The predicted molar refractivity (Wildman–Crippen MR) is 110 cm³/mol. The maximum Gasteiger partial charge on any atom is 0.242 e. The largest absolute Gasteiger partial charge is 0.311 e. The van der Waals surface area contributed by atoms with E-state index in [0.29, 0.717) is 17.3 Å². The second-order valence-corrected chi connectivity index (χ2v) is 10.1. The normalized spacial score (nSPS) is 14.3. The number of amides is 1. The van der Waals surface area contributed by atoms with Crippen LogP contribution in [0.5, 0.6) is 0 Å². The Bertz CT molecular complexity index is 961. The summed E-state index contributed by atoms with van der Waals surface area (Å²) < 4.78 is 25.9. The summed E-state index contributed by atoms with van der Waals surface area (Å²) in [4.78, 5) is 15.7. The molecule has 8 heteroatoms. The number of anilines is 1. The molecule has 0 unspecified atom stereocenters. The first-order chi connectivity index (χ1) is 12.8. The summed E-state index contributed by atoms with van der Waals surface area (Å²) in [6.07, 6.45) is 1.57. The van der Waals surface area contributed by atoms with Gasteiger partial charge in [0.1, 0.15) is 0 Å². The van der Waals surface area contributed by atoms with Crippen LogP contribution in [0.4, 0.5) is 5.69 Å². The Hall–Kier alpha value is -1.54. The van der Waals surface area contributed by atoms with E-state index in [0.717, 1.165) is 29.0 Å². The number of hydrogen-bond donors (Lipinski definition) is 0. The molecular formula is C19H21ClN2O3S2. The average molecular weight is 425 g/mol. The molecule has 27 heavy (non-hydrogen) atoms. The summed E-state index contributed by atoms with van der Waals surface area (Å²) in [7, 11) is -0.462. The zero-order chi connectivity index (χ0) is 19.6. The Morgan fingerprint density at radius 2 is 2.00 bits per heavy atom. The molecule has 1 aliphatic rings. The van der Waals surface area contributed by atoms with Crippen molar-refractivity contribution in [1.29, 1.82) is 0 Å². The minimum Gasteiger partial charge on any atom is -0.311 e. The van der Waals surface area contributed by atoms with Crippen molar-refractivity contribution in [3.05, 3.63) is 53.1 Å². The van der Waals surface area contributed by atoms with Crippen molar-refractivity contribution in [1.82, 2.24) is 4.31 Å². The highest BCUT2D eigenvalue weighted by atomic mass is 35.5. The molecule has 0 spiro atoms. The maximum atomic E-state index is 12.8. The molecule has 0 N–H and O–H groups in total. The van der Waals surface area contributed by atoms with Gasteiger partial charge in [-0.25, -0.2) is 12.7 Å². The average Bonchev–Trinajstić information content (AvgIpc) is 2.65. The first-order valence-corrected chi connectivity index (χ1v) is 11.3. The number of carbonyl (C=O) groups excluding carboxylic acids is 1. The van der Waals surface area contributed by atoms with Gasteiger partial charge in [-0.15, -0.1) is 11.8 Å². The molecule has 1 aliphatic heterocycles. The monoisotopic (exact) mass is 424 g/mol. The van der Waals surface area contributed by atoms with Crippen molar-refractivity contribution in [2.75, 3.05) is 31.3 Å². The fourth-order valence-electron chi connectivity index (χ4n) is 2.98. The summed E-state index contributed by atoms with van der Waals surface area (Å²) in [5, 5.41) is 0.644. The zero-order valence-electron chi connectivity index (χ0n) is 15.2. The minimum atomic E-state index is -3.49. The van der Waals surface area contributed by atoms with E-state index in [2.05, 4.69) is 0 Å². The van der Waals surface area contributed by atoms with Crippen molar-refractivity contribution in [2.45, 2.75) is 22.6 Å². The standard InChI is InChI=1S/C19H21ClN2O3S2/c1-21(2)27(24,25)17-8-9-18-14(11-17)5-4-10-22(18)19(23)13-26-16-7-3-6-15(20)12-16/h3,6-9,11-12H,4-5,10,13H2,1-2H3.